The maximum atomic E-state index is 4.33. The Morgan fingerprint density at radius 2 is 2.09 bits per heavy atom. The van der Waals surface area contributed by atoms with Crippen molar-refractivity contribution in [3.63, 3.8) is 0 Å². The second-order valence-electron chi connectivity index (χ2n) is 6.89. The van der Waals surface area contributed by atoms with Crippen LogP contribution in [0.4, 0.5) is 5.95 Å². The van der Waals surface area contributed by atoms with Crippen molar-refractivity contribution >= 4 is 5.95 Å². The second kappa shape index (κ2) is 5.88. The molecule has 4 rings (SSSR count). The van der Waals surface area contributed by atoms with Gasteiger partial charge >= 0.3 is 0 Å². The van der Waals surface area contributed by atoms with E-state index in [9.17, 15) is 0 Å². The molecule has 122 valence electrons. The van der Waals surface area contributed by atoms with Crippen molar-refractivity contribution < 1.29 is 0 Å². The first-order valence-electron chi connectivity index (χ1n) is 8.35. The maximum Gasteiger partial charge on any atom is 0.224 e. The highest BCUT2D eigenvalue weighted by Gasteiger charge is 2.36. The number of nitrogens with zero attached hydrogens (tertiary/aromatic N) is 6. The molecule has 2 fully saturated rings. The fourth-order valence-corrected chi connectivity index (χ4v) is 3.83. The first-order valence-corrected chi connectivity index (χ1v) is 8.35. The van der Waals surface area contributed by atoms with Gasteiger partial charge in [-0.25, -0.2) is 9.97 Å². The Hall–Kier alpha value is -2.02. The number of hydrogen-bond acceptors (Lipinski definition) is 6. The number of anilines is 1. The average molecular weight is 313 g/mol. The smallest absolute Gasteiger partial charge is 0.224 e. The Kier molecular flexibility index (Phi) is 3.72. The first kappa shape index (κ1) is 14.6. The summed E-state index contributed by atoms with van der Waals surface area (Å²) in [6.45, 7) is 0.886. The summed E-state index contributed by atoms with van der Waals surface area (Å²) in [6, 6.07) is 1.25. The van der Waals surface area contributed by atoms with Crippen molar-refractivity contribution in [1.82, 2.24) is 30.3 Å². The molecule has 1 saturated heterocycles. The molecule has 0 unspecified atom stereocenters. The maximum absolute atomic E-state index is 4.33. The normalized spacial score (nSPS) is 26.4. The van der Waals surface area contributed by atoms with E-state index < -0.39 is 0 Å². The van der Waals surface area contributed by atoms with Gasteiger partial charge in [-0.1, -0.05) is 11.6 Å². The van der Waals surface area contributed by atoms with E-state index in [0.29, 0.717) is 12.0 Å². The van der Waals surface area contributed by atoms with Crippen LogP contribution in [0.1, 0.15) is 25.7 Å². The van der Waals surface area contributed by atoms with E-state index in [-0.39, 0.29) is 0 Å². The van der Waals surface area contributed by atoms with Gasteiger partial charge in [0.1, 0.15) is 5.69 Å². The minimum absolute atomic E-state index is 0.521. The predicted molar refractivity (Wildman–Crippen MR) is 88.0 cm³/mol. The SMILES string of the molecule is CN(C)c1ncc(-c2cn(C[C@@H]3C[C@@H]4CCC[C@@H]4N3)nn2)cn1. The van der Waals surface area contributed by atoms with Crippen molar-refractivity contribution in [2.45, 2.75) is 44.3 Å². The summed E-state index contributed by atoms with van der Waals surface area (Å²) in [4.78, 5) is 10.5. The van der Waals surface area contributed by atoms with Crippen LogP contribution in [-0.2, 0) is 6.54 Å². The second-order valence-corrected chi connectivity index (χ2v) is 6.89. The van der Waals surface area contributed by atoms with Gasteiger partial charge in [0.25, 0.3) is 0 Å². The topological polar surface area (TPSA) is 71.8 Å². The minimum Gasteiger partial charge on any atom is -0.347 e. The highest BCUT2D eigenvalue weighted by molar-refractivity contribution is 5.55. The van der Waals surface area contributed by atoms with E-state index in [1.807, 2.05) is 29.9 Å². The Labute approximate surface area is 136 Å². The zero-order valence-electron chi connectivity index (χ0n) is 13.7. The molecular weight excluding hydrogens is 290 g/mol. The minimum atomic E-state index is 0.521. The fourth-order valence-electron chi connectivity index (χ4n) is 3.83. The van der Waals surface area contributed by atoms with Crippen molar-refractivity contribution in [2.24, 2.45) is 5.92 Å². The quantitative estimate of drug-likeness (QED) is 0.918. The van der Waals surface area contributed by atoms with E-state index in [0.717, 1.165) is 29.8 Å². The number of aromatic nitrogens is 5. The molecule has 3 heterocycles. The molecule has 1 saturated carbocycles. The molecular formula is C16H23N7. The van der Waals surface area contributed by atoms with Crippen LogP contribution in [-0.4, -0.2) is 51.1 Å². The molecule has 1 aliphatic carbocycles. The van der Waals surface area contributed by atoms with E-state index in [1.165, 1.54) is 25.7 Å². The van der Waals surface area contributed by atoms with Crippen LogP contribution >= 0.6 is 0 Å². The highest BCUT2D eigenvalue weighted by atomic mass is 15.4. The van der Waals surface area contributed by atoms with Crippen LogP contribution in [0.25, 0.3) is 11.3 Å². The standard InChI is InChI=1S/C16H23N7/c1-22(2)16-17-7-12(8-18-16)15-10-23(21-20-15)9-13-6-11-4-3-5-14(11)19-13/h7-8,10-11,13-14,19H,3-6,9H2,1-2H3/t11-,13-,14-/m0/s1. The third-order valence-electron chi connectivity index (χ3n) is 4.98. The van der Waals surface area contributed by atoms with E-state index >= 15 is 0 Å². The molecule has 0 bridgehead atoms. The van der Waals surface area contributed by atoms with Gasteiger partial charge in [0, 0.05) is 44.1 Å². The molecule has 7 nitrogen and oxygen atoms in total. The van der Waals surface area contributed by atoms with Crippen molar-refractivity contribution in [2.75, 3.05) is 19.0 Å². The van der Waals surface area contributed by atoms with Gasteiger partial charge in [-0.2, -0.15) is 0 Å². The number of rotatable bonds is 4. The monoisotopic (exact) mass is 313 g/mol. The zero-order chi connectivity index (χ0) is 15.8. The summed E-state index contributed by atoms with van der Waals surface area (Å²) < 4.78 is 1.94. The lowest BCUT2D eigenvalue weighted by atomic mass is 10.0. The number of hydrogen-bond donors (Lipinski definition) is 1. The molecule has 0 radical (unpaired) electrons. The fraction of sp³-hybridized carbons (Fsp3) is 0.625. The molecule has 1 aliphatic heterocycles. The van der Waals surface area contributed by atoms with Crippen molar-refractivity contribution in [3.05, 3.63) is 18.6 Å². The number of nitrogens with one attached hydrogen (secondary N) is 1. The predicted octanol–water partition coefficient (Wildman–Crippen LogP) is 1.33. The van der Waals surface area contributed by atoms with Crippen LogP contribution in [0.15, 0.2) is 18.6 Å². The summed E-state index contributed by atoms with van der Waals surface area (Å²) in [7, 11) is 3.85. The molecule has 0 aromatic carbocycles. The van der Waals surface area contributed by atoms with E-state index in [1.54, 1.807) is 12.4 Å². The van der Waals surface area contributed by atoms with E-state index in [2.05, 4.69) is 25.6 Å². The van der Waals surface area contributed by atoms with Crippen LogP contribution in [0.3, 0.4) is 0 Å². The lowest BCUT2D eigenvalue weighted by Gasteiger charge is -2.12. The summed E-state index contributed by atoms with van der Waals surface area (Å²) in [5.41, 5.74) is 1.73. The summed E-state index contributed by atoms with van der Waals surface area (Å²) in [6.07, 6.45) is 10.9. The number of fused-ring (bicyclic) bond motifs is 1. The third-order valence-corrected chi connectivity index (χ3v) is 4.98. The molecule has 2 aromatic heterocycles. The molecule has 23 heavy (non-hydrogen) atoms. The molecule has 2 aromatic rings. The van der Waals surface area contributed by atoms with Crippen LogP contribution in [0, 0.1) is 5.92 Å². The largest absolute Gasteiger partial charge is 0.347 e. The van der Waals surface area contributed by atoms with E-state index in [4.69, 9.17) is 0 Å². The van der Waals surface area contributed by atoms with Gasteiger partial charge in [-0.3, -0.25) is 4.68 Å². The molecule has 0 spiro atoms. The first-order chi connectivity index (χ1) is 11.2. The lowest BCUT2D eigenvalue weighted by molar-refractivity contribution is 0.437. The Morgan fingerprint density at radius 1 is 1.26 bits per heavy atom. The van der Waals surface area contributed by atoms with Gasteiger partial charge < -0.3 is 10.2 Å². The Balaban J connectivity index is 1.42. The molecule has 1 N–H and O–H groups in total. The lowest BCUT2D eigenvalue weighted by Crippen LogP contribution is -2.32. The molecule has 2 aliphatic rings. The van der Waals surface area contributed by atoms with Gasteiger partial charge in [-0.15, -0.1) is 5.10 Å². The summed E-state index contributed by atoms with van der Waals surface area (Å²) in [5.74, 6) is 1.57. The highest BCUT2D eigenvalue weighted by Crippen LogP contribution is 2.35. The van der Waals surface area contributed by atoms with Gasteiger partial charge in [-0.05, 0) is 25.2 Å². The van der Waals surface area contributed by atoms with Crippen LogP contribution in [0.2, 0.25) is 0 Å². The zero-order valence-corrected chi connectivity index (χ0v) is 13.7. The van der Waals surface area contributed by atoms with Gasteiger partial charge in [0.15, 0.2) is 0 Å². The van der Waals surface area contributed by atoms with Crippen molar-refractivity contribution in [1.29, 1.82) is 0 Å². The third kappa shape index (κ3) is 2.93. The van der Waals surface area contributed by atoms with Gasteiger partial charge in [0.2, 0.25) is 5.95 Å². The molecule has 7 heteroatoms. The van der Waals surface area contributed by atoms with Crippen LogP contribution in [0.5, 0.6) is 0 Å². The summed E-state index contributed by atoms with van der Waals surface area (Å²) in [5, 5.41) is 12.3. The summed E-state index contributed by atoms with van der Waals surface area (Å²) >= 11 is 0. The van der Waals surface area contributed by atoms with Crippen LogP contribution < -0.4 is 10.2 Å². The average Bonchev–Trinajstić information content (AvgIpc) is 3.23. The molecule has 3 atom stereocenters. The molecule has 0 amide bonds. The van der Waals surface area contributed by atoms with Crippen molar-refractivity contribution in [3.8, 4) is 11.3 Å². The Morgan fingerprint density at radius 3 is 2.83 bits per heavy atom. The Bertz CT molecular complexity index is 651. The van der Waals surface area contributed by atoms with Gasteiger partial charge in [0.05, 0.1) is 12.7 Å².